The Hall–Kier alpha value is -4.21. The third kappa shape index (κ3) is 3.79. The van der Waals surface area contributed by atoms with E-state index in [0.717, 1.165) is 18.4 Å². The number of benzene rings is 1. The highest BCUT2D eigenvalue weighted by molar-refractivity contribution is 6.11. The number of aryl methyl sites for hydroxylation is 1. The molecule has 0 unspecified atom stereocenters. The zero-order valence-electron chi connectivity index (χ0n) is 18.5. The number of amides is 2. The average Bonchev–Trinajstić information content (AvgIpc) is 3.47. The largest absolute Gasteiger partial charge is 0.496 e. The number of carbonyl (C=O) groups excluding carboxylic acids is 2. The van der Waals surface area contributed by atoms with Gasteiger partial charge in [-0.05, 0) is 31.0 Å². The number of carbonyl (C=O) groups is 2. The van der Waals surface area contributed by atoms with Gasteiger partial charge in [0.1, 0.15) is 11.4 Å². The Morgan fingerprint density at radius 2 is 2.00 bits per heavy atom. The van der Waals surface area contributed by atoms with E-state index < -0.39 is 5.91 Å². The number of rotatable bonds is 6. The lowest BCUT2D eigenvalue weighted by Crippen LogP contribution is -2.30. The molecule has 1 aromatic carbocycles. The Balaban J connectivity index is 1.41. The SMILES string of the molecule is COc1ccccc1-c1nc2cc(NC(=O)c3c(C(=O)N(C)C4CC4)cnn3C)ccn2n1. The van der Waals surface area contributed by atoms with Gasteiger partial charge in [-0.25, -0.2) is 9.50 Å². The third-order valence-corrected chi connectivity index (χ3v) is 5.74. The number of hydrogen-bond acceptors (Lipinski definition) is 6. The molecule has 3 aromatic heterocycles. The van der Waals surface area contributed by atoms with E-state index in [1.807, 2.05) is 24.3 Å². The Labute approximate surface area is 189 Å². The van der Waals surface area contributed by atoms with Gasteiger partial charge in [-0.3, -0.25) is 14.3 Å². The summed E-state index contributed by atoms with van der Waals surface area (Å²) in [6.07, 6.45) is 5.13. The first-order valence-corrected chi connectivity index (χ1v) is 10.6. The van der Waals surface area contributed by atoms with E-state index in [4.69, 9.17) is 4.74 Å². The first-order chi connectivity index (χ1) is 16.0. The van der Waals surface area contributed by atoms with Crippen LogP contribution in [0.3, 0.4) is 0 Å². The number of pyridine rings is 1. The summed E-state index contributed by atoms with van der Waals surface area (Å²) < 4.78 is 8.45. The standard InChI is InChI=1S/C23H23N7O3/c1-28(15-8-9-15)23(32)17-13-24-29(2)20(17)22(31)25-14-10-11-30-19(12-14)26-21(27-30)16-6-4-5-7-18(16)33-3/h4-7,10-13,15H,8-9H2,1-3H3,(H,25,31). The van der Waals surface area contributed by atoms with Crippen molar-refractivity contribution < 1.29 is 14.3 Å². The molecule has 3 heterocycles. The van der Waals surface area contributed by atoms with Gasteiger partial charge in [0.25, 0.3) is 11.8 Å². The molecule has 1 saturated carbocycles. The number of fused-ring (bicyclic) bond motifs is 1. The van der Waals surface area contributed by atoms with Crippen molar-refractivity contribution in [2.24, 2.45) is 7.05 Å². The van der Waals surface area contributed by atoms with Gasteiger partial charge in [0.2, 0.25) is 0 Å². The van der Waals surface area contributed by atoms with E-state index in [0.29, 0.717) is 22.9 Å². The molecule has 4 aromatic rings. The molecule has 10 nitrogen and oxygen atoms in total. The molecule has 0 atom stereocenters. The highest BCUT2D eigenvalue weighted by atomic mass is 16.5. The fraction of sp³-hybridized carbons (Fsp3) is 0.261. The summed E-state index contributed by atoms with van der Waals surface area (Å²) in [5.74, 6) is 0.562. The molecule has 0 bridgehead atoms. The van der Waals surface area contributed by atoms with Gasteiger partial charge in [0.05, 0.1) is 24.4 Å². The van der Waals surface area contributed by atoms with Crippen molar-refractivity contribution in [3.8, 4) is 17.1 Å². The van der Waals surface area contributed by atoms with Crippen LogP contribution in [0.25, 0.3) is 17.0 Å². The number of ether oxygens (including phenoxy) is 1. The molecule has 1 fully saturated rings. The summed E-state index contributed by atoms with van der Waals surface area (Å²) in [6, 6.07) is 11.2. The van der Waals surface area contributed by atoms with Crippen molar-refractivity contribution in [3.63, 3.8) is 0 Å². The summed E-state index contributed by atoms with van der Waals surface area (Å²) >= 11 is 0. The predicted molar refractivity (Wildman–Crippen MR) is 121 cm³/mol. The normalized spacial score (nSPS) is 13.2. The lowest BCUT2D eigenvalue weighted by molar-refractivity contribution is 0.0779. The van der Waals surface area contributed by atoms with Crippen LogP contribution >= 0.6 is 0 Å². The fourth-order valence-corrected chi connectivity index (χ4v) is 3.77. The number of nitrogens with one attached hydrogen (secondary N) is 1. The molecule has 1 aliphatic rings. The smallest absolute Gasteiger partial charge is 0.274 e. The summed E-state index contributed by atoms with van der Waals surface area (Å²) in [4.78, 5) is 32.2. The van der Waals surface area contributed by atoms with Gasteiger partial charge in [-0.1, -0.05) is 12.1 Å². The maximum absolute atomic E-state index is 13.1. The first kappa shape index (κ1) is 20.7. The Morgan fingerprint density at radius 1 is 1.21 bits per heavy atom. The van der Waals surface area contributed by atoms with Crippen LogP contribution in [-0.4, -0.2) is 61.3 Å². The third-order valence-electron chi connectivity index (χ3n) is 5.74. The first-order valence-electron chi connectivity index (χ1n) is 10.6. The monoisotopic (exact) mass is 445 g/mol. The van der Waals surface area contributed by atoms with E-state index >= 15 is 0 Å². The fourth-order valence-electron chi connectivity index (χ4n) is 3.77. The molecule has 33 heavy (non-hydrogen) atoms. The number of anilines is 1. The topological polar surface area (TPSA) is 107 Å². The van der Waals surface area contributed by atoms with Crippen LogP contribution in [0.4, 0.5) is 5.69 Å². The Kier molecular flexibility index (Phi) is 5.04. The predicted octanol–water partition coefficient (Wildman–Crippen LogP) is 2.63. The van der Waals surface area contributed by atoms with E-state index in [1.54, 1.807) is 49.0 Å². The van der Waals surface area contributed by atoms with E-state index in [-0.39, 0.29) is 23.2 Å². The van der Waals surface area contributed by atoms with Crippen molar-refractivity contribution in [1.82, 2.24) is 29.3 Å². The minimum absolute atomic E-state index is 0.204. The number of aromatic nitrogens is 5. The van der Waals surface area contributed by atoms with Gasteiger partial charge in [0, 0.05) is 38.1 Å². The average molecular weight is 445 g/mol. The molecule has 0 radical (unpaired) electrons. The van der Waals surface area contributed by atoms with E-state index in [2.05, 4.69) is 20.5 Å². The molecular weight excluding hydrogens is 422 g/mol. The van der Waals surface area contributed by atoms with Crippen molar-refractivity contribution in [2.45, 2.75) is 18.9 Å². The molecule has 10 heteroatoms. The highest BCUT2D eigenvalue weighted by Gasteiger charge is 2.33. The number of methoxy groups -OCH3 is 1. The number of para-hydroxylation sites is 1. The van der Waals surface area contributed by atoms with Crippen LogP contribution < -0.4 is 10.1 Å². The van der Waals surface area contributed by atoms with Gasteiger partial charge in [-0.2, -0.15) is 5.10 Å². The van der Waals surface area contributed by atoms with Gasteiger partial charge < -0.3 is 15.0 Å². The molecule has 0 aliphatic heterocycles. The van der Waals surface area contributed by atoms with Crippen LogP contribution in [0.1, 0.15) is 33.7 Å². The molecule has 168 valence electrons. The maximum atomic E-state index is 13.1. The summed E-state index contributed by atoms with van der Waals surface area (Å²) in [5, 5.41) is 11.5. The molecule has 5 rings (SSSR count). The molecule has 2 amide bonds. The quantitative estimate of drug-likeness (QED) is 0.489. The van der Waals surface area contributed by atoms with Crippen LogP contribution in [0.15, 0.2) is 48.8 Å². The number of hydrogen-bond donors (Lipinski definition) is 1. The van der Waals surface area contributed by atoms with Gasteiger partial charge in [0.15, 0.2) is 11.5 Å². The zero-order chi connectivity index (χ0) is 23.1. The van der Waals surface area contributed by atoms with Crippen molar-refractivity contribution in [1.29, 1.82) is 0 Å². The van der Waals surface area contributed by atoms with E-state index in [1.165, 1.54) is 10.9 Å². The second-order valence-corrected chi connectivity index (χ2v) is 7.99. The molecular formula is C23H23N7O3. The van der Waals surface area contributed by atoms with Crippen molar-refractivity contribution in [3.05, 3.63) is 60.0 Å². The Bertz CT molecular complexity index is 1370. The number of nitrogens with zero attached hydrogens (tertiary/aromatic N) is 6. The molecule has 0 saturated heterocycles. The second-order valence-electron chi connectivity index (χ2n) is 7.99. The highest BCUT2D eigenvalue weighted by Crippen LogP contribution is 2.29. The second kappa shape index (κ2) is 8.05. The maximum Gasteiger partial charge on any atom is 0.274 e. The molecule has 1 aliphatic carbocycles. The van der Waals surface area contributed by atoms with E-state index in [9.17, 15) is 9.59 Å². The minimum Gasteiger partial charge on any atom is -0.496 e. The van der Waals surface area contributed by atoms with Crippen LogP contribution in [0.5, 0.6) is 5.75 Å². The van der Waals surface area contributed by atoms with Gasteiger partial charge in [-0.15, -0.1) is 5.10 Å². The summed E-state index contributed by atoms with van der Waals surface area (Å²) in [5.41, 5.74) is 2.35. The summed E-state index contributed by atoms with van der Waals surface area (Å²) in [6.45, 7) is 0. The van der Waals surface area contributed by atoms with Gasteiger partial charge >= 0.3 is 0 Å². The van der Waals surface area contributed by atoms with Crippen LogP contribution in [-0.2, 0) is 7.05 Å². The minimum atomic E-state index is -0.420. The lowest BCUT2D eigenvalue weighted by atomic mass is 10.2. The van der Waals surface area contributed by atoms with Crippen molar-refractivity contribution >= 4 is 23.1 Å². The van der Waals surface area contributed by atoms with Crippen molar-refractivity contribution in [2.75, 3.05) is 19.5 Å². The summed E-state index contributed by atoms with van der Waals surface area (Å²) in [7, 11) is 5.00. The zero-order valence-corrected chi connectivity index (χ0v) is 18.5. The lowest BCUT2D eigenvalue weighted by Gasteiger charge is -2.16. The molecule has 0 spiro atoms. The van der Waals surface area contributed by atoms with Crippen LogP contribution in [0, 0.1) is 0 Å². The Morgan fingerprint density at radius 3 is 2.76 bits per heavy atom. The van der Waals surface area contributed by atoms with Crippen LogP contribution in [0.2, 0.25) is 0 Å². The molecule has 1 N–H and O–H groups in total.